The summed E-state index contributed by atoms with van der Waals surface area (Å²) >= 11 is 0. The minimum Gasteiger partial charge on any atom is -0.497 e. The number of H-pyrrole nitrogens is 1. The Hall–Kier alpha value is -4.46. The lowest BCUT2D eigenvalue weighted by molar-refractivity contribution is -0.384. The molecule has 1 N–H and O–H groups in total. The van der Waals surface area contributed by atoms with Gasteiger partial charge in [0.25, 0.3) is 11.6 Å². The predicted molar refractivity (Wildman–Crippen MR) is 127 cm³/mol. The number of non-ortho nitro benzene ring substituents is 1. The minimum absolute atomic E-state index is 0.0248. The Kier molecular flexibility index (Phi) is 5.33. The van der Waals surface area contributed by atoms with Crippen LogP contribution in [0.25, 0.3) is 11.3 Å². The van der Waals surface area contributed by atoms with Gasteiger partial charge in [0.05, 0.1) is 23.8 Å². The van der Waals surface area contributed by atoms with Gasteiger partial charge in [-0.25, -0.2) is 0 Å². The zero-order valence-corrected chi connectivity index (χ0v) is 18.7. The van der Waals surface area contributed by atoms with Gasteiger partial charge in [0.1, 0.15) is 11.4 Å². The molecule has 1 amide bonds. The van der Waals surface area contributed by atoms with Crippen molar-refractivity contribution in [2.75, 3.05) is 7.11 Å². The van der Waals surface area contributed by atoms with Gasteiger partial charge in [0, 0.05) is 29.8 Å². The van der Waals surface area contributed by atoms with Gasteiger partial charge >= 0.3 is 0 Å². The minimum atomic E-state index is -0.528. The number of methoxy groups -OCH3 is 1. The summed E-state index contributed by atoms with van der Waals surface area (Å²) in [6.45, 7) is 2.37. The van der Waals surface area contributed by atoms with Crippen molar-refractivity contribution < 1.29 is 14.5 Å². The number of nitro groups is 1. The molecular formula is C26H22N4O4. The number of hydrogen-bond donors (Lipinski definition) is 1. The Morgan fingerprint density at radius 3 is 2.50 bits per heavy atom. The maximum Gasteiger partial charge on any atom is 0.273 e. The van der Waals surface area contributed by atoms with E-state index in [4.69, 9.17) is 4.74 Å². The van der Waals surface area contributed by atoms with Gasteiger partial charge in [-0.3, -0.25) is 20.0 Å². The summed E-state index contributed by atoms with van der Waals surface area (Å²) in [5.74, 6) is 0.516. The number of nitro benzene ring substituents is 1. The normalized spacial score (nSPS) is 14.8. The molecule has 0 aliphatic carbocycles. The van der Waals surface area contributed by atoms with Crippen molar-refractivity contribution in [1.29, 1.82) is 0 Å². The maximum atomic E-state index is 13.5. The molecule has 1 unspecified atom stereocenters. The first-order chi connectivity index (χ1) is 16.5. The third-order valence-corrected chi connectivity index (χ3v) is 6.10. The van der Waals surface area contributed by atoms with Crippen LogP contribution in [0.15, 0.2) is 72.8 Å². The van der Waals surface area contributed by atoms with Gasteiger partial charge in [0.2, 0.25) is 0 Å². The highest BCUT2D eigenvalue weighted by Gasteiger charge is 2.42. The summed E-state index contributed by atoms with van der Waals surface area (Å²) in [5.41, 5.74) is 5.29. The molecule has 0 saturated heterocycles. The summed E-state index contributed by atoms with van der Waals surface area (Å²) < 4.78 is 5.26. The number of fused-ring (bicyclic) bond motifs is 1. The first kappa shape index (κ1) is 21.4. The summed E-state index contributed by atoms with van der Waals surface area (Å²) in [5, 5.41) is 18.8. The first-order valence-corrected chi connectivity index (χ1v) is 10.8. The van der Waals surface area contributed by atoms with Crippen LogP contribution < -0.4 is 4.74 Å². The van der Waals surface area contributed by atoms with E-state index in [9.17, 15) is 14.9 Å². The first-order valence-electron chi connectivity index (χ1n) is 10.8. The molecule has 3 aromatic carbocycles. The number of aryl methyl sites for hydroxylation is 1. The number of hydrogen-bond acceptors (Lipinski definition) is 5. The van der Waals surface area contributed by atoms with E-state index >= 15 is 0 Å². The molecule has 0 saturated carbocycles. The Balaban J connectivity index is 1.64. The zero-order valence-electron chi connectivity index (χ0n) is 18.7. The van der Waals surface area contributed by atoms with E-state index in [1.165, 1.54) is 12.1 Å². The Morgan fingerprint density at radius 1 is 1.09 bits per heavy atom. The average Bonchev–Trinajstić information content (AvgIpc) is 3.40. The van der Waals surface area contributed by atoms with Crippen molar-refractivity contribution in [1.82, 2.24) is 15.1 Å². The van der Waals surface area contributed by atoms with Crippen molar-refractivity contribution in [3.63, 3.8) is 0 Å². The zero-order chi connectivity index (χ0) is 23.8. The third kappa shape index (κ3) is 3.69. The second-order valence-electron chi connectivity index (χ2n) is 8.26. The van der Waals surface area contributed by atoms with Crippen LogP contribution in [-0.2, 0) is 6.54 Å². The number of rotatable bonds is 6. The number of nitrogens with one attached hydrogen (secondary N) is 1. The van der Waals surface area contributed by atoms with Gasteiger partial charge in [-0.2, -0.15) is 5.10 Å². The number of amides is 1. The van der Waals surface area contributed by atoms with Crippen LogP contribution in [0.3, 0.4) is 0 Å². The van der Waals surface area contributed by atoms with Crippen LogP contribution >= 0.6 is 0 Å². The topological polar surface area (TPSA) is 101 Å². The molecule has 170 valence electrons. The van der Waals surface area contributed by atoms with Crippen molar-refractivity contribution in [3.05, 3.63) is 111 Å². The molecule has 0 fully saturated rings. The van der Waals surface area contributed by atoms with Gasteiger partial charge < -0.3 is 9.64 Å². The molecule has 1 aromatic heterocycles. The molecule has 0 bridgehead atoms. The Bertz CT molecular complexity index is 1380. The molecule has 8 nitrogen and oxygen atoms in total. The monoisotopic (exact) mass is 454 g/mol. The van der Waals surface area contributed by atoms with Crippen molar-refractivity contribution in [2.45, 2.75) is 19.5 Å². The summed E-state index contributed by atoms with van der Waals surface area (Å²) in [7, 11) is 1.60. The molecule has 8 heteroatoms. The SMILES string of the molecule is COc1ccc(-c2n[nH]c3c2C(c2cccc([N+](=O)[O-])c2)N(Cc2ccc(C)cc2)C3=O)cc1. The summed E-state index contributed by atoms with van der Waals surface area (Å²) in [6, 6.07) is 21.3. The number of aromatic amines is 1. The Morgan fingerprint density at radius 2 is 1.82 bits per heavy atom. The van der Waals surface area contributed by atoms with Crippen molar-refractivity contribution in [2.24, 2.45) is 0 Å². The number of ether oxygens (including phenoxy) is 1. The highest BCUT2D eigenvalue weighted by molar-refractivity contribution is 6.00. The van der Waals surface area contributed by atoms with Crippen LogP contribution in [0.5, 0.6) is 5.75 Å². The van der Waals surface area contributed by atoms with Crippen LogP contribution in [0.1, 0.15) is 38.8 Å². The van der Waals surface area contributed by atoms with Gasteiger partial charge in [-0.1, -0.05) is 42.0 Å². The molecule has 0 radical (unpaired) electrons. The van der Waals surface area contributed by atoms with Crippen molar-refractivity contribution in [3.8, 4) is 17.0 Å². The fourth-order valence-corrected chi connectivity index (χ4v) is 4.37. The predicted octanol–water partition coefficient (Wildman–Crippen LogP) is 5.05. The standard InChI is InChI=1S/C26H22N4O4/c1-16-6-8-17(9-7-16)15-29-25(19-4-3-5-20(14-19)30(32)33)22-23(27-28-24(22)26(29)31)18-10-12-21(34-2)13-11-18/h3-14,25H,15H2,1-2H3,(H,27,28). The van der Waals surface area contributed by atoms with E-state index in [0.717, 1.165) is 16.7 Å². The molecule has 2 heterocycles. The number of carbonyl (C=O) groups is 1. The lowest BCUT2D eigenvalue weighted by atomic mass is 9.95. The van der Waals surface area contributed by atoms with Crippen LogP contribution in [0.4, 0.5) is 5.69 Å². The van der Waals surface area contributed by atoms with Crippen LogP contribution in [0, 0.1) is 17.0 Å². The van der Waals surface area contributed by atoms with Gasteiger partial charge in [0.15, 0.2) is 0 Å². The molecular weight excluding hydrogens is 432 g/mol. The van der Waals surface area contributed by atoms with E-state index in [0.29, 0.717) is 34.8 Å². The second-order valence-corrected chi connectivity index (χ2v) is 8.26. The average molecular weight is 454 g/mol. The molecule has 0 spiro atoms. The molecule has 4 aromatic rings. The third-order valence-electron chi connectivity index (χ3n) is 6.10. The molecule has 5 rings (SSSR count). The van der Waals surface area contributed by atoms with E-state index < -0.39 is 11.0 Å². The van der Waals surface area contributed by atoms with Crippen LogP contribution in [-0.4, -0.2) is 33.0 Å². The van der Waals surface area contributed by atoms with E-state index in [1.54, 1.807) is 18.1 Å². The molecule has 1 aliphatic rings. The smallest absolute Gasteiger partial charge is 0.273 e. The number of benzene rings is 3. The van der Waals surface area contributed by atoms with E-state index in [2.05, 4.69) is 10.2 Å². The largest absolute Gasteiger partial charge is 0.497 e. The fraction of sp³-hybridized carbons (Fsp3) is 0.154. The second kappa shape index (κ2) is 8.47. The quantitative estimate of drug-likeness (QED) is 0.325. The molecule has 34 heavy (non-hydrogen) atoms. The van der Waals surface area contributed by atoms with Crippen LogP contribution in [0.2, 0.25) is 0 Å². The summed E-state index contributed by atoms with van der Waals surface area (Å²) in [4.78, 5) is 26.3. The van der Waals surface area contributed by atoms with E-state index in [1.807, 2.05) is 61.5 Å². The highest BCUT2D eigenvalue weighted by Crippen LogP contribution is 2.44. The number of carbonyl (C=O) groups excluding carboxylic acids is 1. The maximum absolute atomic E-state index is 13.5. The van der Waals surface area contributed by atoms with Crippen molar-refractivity contribution >= 4 is 11.6 Å². The Labute approximate surface area is 196 Å². The lowest BCUT2D eigenvalue weighted by Gasteiger charge is -2.26. The number of nitrogens with zero attached hydrogens (tertiary/aromatic N) is 3. The van der Waals surface area contributed by atoms with Gasteiger partial charge in [-0.05, 0) is 42.3 Å². The highest BCUT2D eigenvalue weighted by atomic mass is 16.6. The lowest BCUT2D eigenvalue weighted by Crippen LogP contribution is -2.29. The fourth-order valence-electron chi connectivity index (χ4n) is 4.37. The van der Waals surface area contributed by atoms with Gasteiger partial charge in [-0.15, -0.1) is 0 Å². The van der Waals surface area contributed by atoms with E-state index in [-0.39, 0.29) is 11.6 Å². The molecule has 1 atom stereocenters. The number of aromatic nitrogens is 2. The summed E-state index contributed by atoms with van der Waals surface area (Å²) in [6.07, 6.45) is 0. The molecule has 1 aliphatic heterocycles.